The Hall–Kier alpha value is -2.01. The number of hydrogen-bond donors (Lipinski definition) is 6. The Kier molecular flexibility index (Phi) is 7.75. The van der Waals surface area contributed by atoms with Crippen LogP contribution in [-0.4, -0.2) is 62.9 Å². The first-order chi connectivity index (χ1) is 13.5. The molecule has 5 atom stereocenters. The minimum absolute atomic E-state index is 0.0745. The summed E-state index contributed by atoms with van der Waals surface area (Å²) in [7, 11) is 0. The minimum Gasteiger partial charge on any atom is -0.390 e. The fraction of sp³-hybridized carbons (Fsp3) is 0.632. The predicted molar refractivity (Wildman–Crippen MR) is 107 cm³/mol. The van der Waals surface area contributed by atoms with E-state index in [0.717, 1.165) is 4.88 Å². The van der Waals surface area contributed by atoms with Crippen molar-refractivity contribution < 1.29 is 29.7 Å². The normalized spacial score (nSPS) is 28.0. The van der Waals surface area contributed by atoms with Gasteiger partial charge >= 0.3 is 0 Å². The summed E-state index contributed by atoms with van der Waals surface area (Å²) in [6, 6.07) is 1.60. The number of carbonyl (C=O) groups excluding carboxylic acids is 3. The molecule has 1 aromatic rings. The average molecular weight is 428 g/mol. The van der Waals surface area contributed by atoms with Crippen molar-refractivity contribution in [3.8, 4) is 0 Å². The van der Waals surface area contributed by atoms with Gasteiger partial charge in [-0.2, -0.15) is 0 Å². The zero-order valence-corrected chi connectivity index (χ0v) is 17.3. The summed E-state index contributed by atoms with van der Waals surface area (Å²) < 4.78 is 0. The number of primary amides is 1. The van der Waals surface area contributed by atoms with E-state index in [0.29, 0.717) is 6.42 Å². The Morgan fingerprint density at radius 1 is 1.31 bits per heavy atom. The van der Waals surface area contributed by atoms with E-state index in [1.165, 1.54) is 11.3 Å². The smallest absolute Gasteiger partial charge is 0.252 e. The van der Waals surface area contributed by atoms with Crippen LogP contribution in [0.1, 0.15) is 38.0 Å². The van der Waals surface area contributed by atoms with Crippen LogP contribution in [0.5, 0.6) is 0 Å². The van der Waals surface area contributed by atoms with E-state index in [1.807, 2.05) is 25.3 Å². The van der Waals surface area contributed by atoms with Crippen molar-refractivity contribution in [2.24, 2.45) is 11.7 Å². The number of aliphatic hydroxyl groups is 3. The Morgan fingerprint density at radius 2 is 2.00 bits per heavy atom. The highest BCUT2D eigenvalue weighted by Crippen LogP contribution is 2.30. The third kappa shape index (κ3) is 6.23. The number of amides is 3. The molecule has 7 N–H and O–H groups in total. The molecular formula is C19H29N3O6S. The molecule has 0 spiro atoms. The quantitative estimate of drug-likeness (QED) is 0.313. The largest absolute Gasteiger partial charge is 0.390 e. The maximum Gasteiger partial charge on any atom is 0.252 e. The van der Waals surface area contributed by atoms with E-state index in [4.69, 9.17) is 5.73 Å². The van der Waals surface area contributed by atoms with Crippen LogP contribution in [0.4, 0.5) is 0 Å². The second-order valence-electron chi connectivity index (χ2n) is 7.99. The van der Waals surface area contributed by atoms with Crippen LogP contribution in [0.25, 0.3) is 0 Å². The summed E-state index contributed by atoms with van der Waals surface area (Å²) in [5.41, 5.74) is 3.27. The standard InChI is InChI=1S/C19H29N3O6S/c1-10(2)6-12(17(20)26)22-18(27)19(28)8-13(16(25)14(23)9-19)21-15(24)7-11-4-3-5-29-11/h3-5,10,12-14,16,23,25,28H,6-9H2,1-2H3,(H2,20,26)(H,21,24)(H,22,27)/t12-,13+,14-,16-,19+/m1/s1. The van der Waals surface area contributed by atoms with Crippen molar-refractivity contribution in [3.05, 3.63) is 22.4 Å². The van der Waals surface area contributed by atoms with E-state index in [-0.39, 0.29) is 18.8 Å². The Balaban J connectivity index is 2.07. The fourth-order valence-electron chi connectivity index (χ4n) is 3.46. The number of thiophene rings is 1. The van der Waals surface area contributed by atoms with Crippen LogP contribution >= 0.6 is 11.3 Å². The lowest BCUT2D eigenvalue weighted by atomic mass is 9.77. The minimum atomic E-state index is -2.07. The molecule has 0 radical (unpaired) electrons. The zero-order chi connectivity index (χ0) is 21.8. The van der Waals surface area contributed by atoms with Crippen molar-refractivity contribution in [1.82, 2.24) is 10.6 Å². The van der Waals surface area contributed by atoms with Crippen LogP contribution in [0, 0.1) is 5.92 Å². The molecule has 1 heterocycles. The lowest BCUT2D eigenvalue weighted by Gasteiger charge is -2.41. The van der Waals surface area contributed by atoms with Crippen molar-refractivity contribution in [3.63, 3.8) is 0 Å². The molecule has 1 fully saturated rings. The molecule has 29 heavy (non-hydrogen) atoms. The van der Waals surface area contributed by atoms with Crippen molar-refractivity contribution in [2.75, 3.05) is 0 Å². The average Bonchev–Trinajstić information content (AvgIpc) is 3.11. The SMILES string of the molecule is CC(C)C[C@@H](NC(=O)[C@@]1(O)C[C@@H](O)[C@H](O)[C@@H](NC(=O)Cc2cccs2)C1)C(N)=O. The van der Waals surface area contributed by atoms with Gasteiger partial charge in [-0.05, 0) is 23.8 Å². The Morgan fingerprint density at radius 3 is 2.55 bits per heavy atom. The molecule has 0 aliphatic heterocycles. The molecule has 0 bridgehead atoms. The first-order valence-corrected chi connectivity index (χ1v) is 10.4. The highest BCUT2D eigenvalue weighted by atomic mass is 32.1. The first-order valence-electron chi connectivity index (χ1n) is 9.52. The maximum atomic E-state index is 12.7. The van der Waals surface area contributed by atoms with Gasteiger partial charge in [0, 0.05) is 17.7 Å². The van der Waals surface area contributed by atoms with Gasteiger partial charge in [-0.25, -0.2) is 0 Å². The zero-order valence-electron chi connectivity index (χ0n) is 16.5. The second kappa shape index (κ2) is 9.66. The fourth-order valence-corrected chi connectivity index (χ4v) is 4.17. The van der Waals surface area contributed by atoms with Gasteiger partial charge in [-0.15, -0.1) is 11.3 Å². The number of rotatable bonds is 8. The molecular weight excluding hydrogens is 398 g/mol. The molecule has 162 valence electrons. The molecule has 0 saturated heterocycles. The number of nitrogens with one attached hydrogen (secondary N) is 2. The van der Waals surface area contributed by atoms with E-state index in [2.05, 4.69) is 10.6 Å². The number of carbonyl (C=O) groups is 3. The van der Waals surface area contributed by atoms with Gasteiger partial charge in [-0.1, -0.05) is 19.9 Å². The third-order valence-electron chi connectivity index (χ3n) is 4.95. The van der Waals surface area contributed by atoms with Crippen molar-refractivity contribution in [2.45, 2.75) is 69.4 Å². The molecule has 10 heteroatoms. The van der Waals surface area contributed by atoms with Gasteiger partial charge in [0.25, 0.3) is 5.91 Å². The molecule has 0 unspecified atom stereocenters. The topological polar surface area (TPSA) is 162 Å². The van der Waals surface area contributed by atoms with Crippen LogP contribution in [0.15, 0.2) is 17.5 Å². The van der Waals surface area contributed by atoms with E-state index in [9.17, 15) is 29.7 Å². The molecule has 1 saturated carbocycles. The molecule has 1 aliphatic carbocycles. The van der Waals surface area contributed by atoms with E-state index in [1.54, 1.807) is 6.07 Å². The highest BCUT2D eigenvalue weighted by molar-refractivity contribution is 7.10. The highest BCUT2D eigenvalue weighted by Gasteiger charge is 2.49. The van der Waals surface area contributed by atoms with Gasteiger partial charge < -0.3 is 31.7 Å². The van der Waals surface area contributed by atoms with Gasteiger partial charge in [0.05, 0.1) is 18.6 Å². The summed E-state index contributed by atoms with van der Waals surface area (Å²) in [6.45, 7) is 3.72. The number of hydrogen-bond acceptors (Lipinski definition) is 7. The maximum absolute atomic E-state index is 12.7. The van der Waals surface area contributed by atoms with Gasteiger partial charge in [0.15, 0.2) is 0 Å². The van der Waals surface area contributed by atoms with Gasteiger partial charge in [-0.3, -0.25) is 14.4 Å². The van der Waals surface area contributed by atoms with Crippen molar-refractivity contribution in [1.29, 1.82) is 0 Å². The molecule has 9 nitrogen and oxygen atoms in total. The lowest BCUT2D eigenvalue weighted by molar-refractivity contribution is -0.160. The Labute approximate surface area is 173 Å². The number of nitrogens with two attached hydrogens (primary N) is 1. The summed E-state index contributed by atoms with van der Waals surface area (Å²) in [6.07, 6.45) is -3.12. The monoisotopic (exact) mass is 427 g/mol. The van der Waals surface area contributed by atoms with Crippen LogP contribution in [-0.2, 0) is 20.8 Å². The van der Waals surface area contributed by atoms with E-state index < -0.39 is 54.0 Å². The molecule has 0 aromatic carbocycles. The van der Waals surface area contributed by atoms with Crippen LogP contribution in [0.3, 0.4) is 0 Å². The first kappa shape index (κ1) is 23.3. The summed E-state index contributed by atoms with van der Waals surface area (Å²) in [4.78, 5) is 37.4. The third-order valence-corrected chi connectivity index (χ3v) is 5.83. The summed E-state index contributed by atoms with van der Waals surface area (Å²) >= 11 is 1.40. The van der Waals surface area contributed by atoms with Gasteiger partial charge in [0.1, 0.15) is 17.7 Å². The van der Waals surface area contributed by atoms with Gasteiger partial charge in [0.2, 0.25) is 11.8 Å². The van der Waals surface area contributed by atoms with E-state index >= 15 is 0 Å². The van der Waals surface area contributed by atoms with Crippen LogP contribution in [0.2, 0.25) is 0 Å². The summed E-state index contributed by atoms with van der Waals surface area (Å²) in [5, 5.41) is 38.1. The van der Waals surface area contributed by atoms with Crippen LogP contribution < -0.4 is 16.4 Å². The van der Waals surface area contributed by atoms with Crippen molar-refractivity contribution >= 4 is 29.1 Å². The molecule has 2 rings (SSSR count). The lowest BCUT2D eigenvalue weighted by Crippen LogP contribution is -2.64. The molecule has 1 aromatic heterocycles. The number of aliphatic hydroxyl groups excluding tert-OH is 2. The predicted octanol–water partition coefficient (Wildman–Crippen LogP) is -0.962. The second-order valence-corrected chi connectivity index (χ2v) is 9.02. The molecule has 3 amide bonds. The molecule has 1 aliphatic rings. The Bertz CT molecular complexity index is 726. The summed E-state index contributed by atoms with van der Waals surface area (Å²) in [5.74, 6) is -1.92.